The summed E-state index contributed by atoms with van der Waals surface area (Å²) in [5.74, 6) is -0.437. The van der Waals surface area contributed by atoms with Crippen LogP contribution in [0.4, 0.5) is 0 Å². The SMILES string of the molecule is CCC(Br)C(=O)OC[C@@H]1O[C@H](n2cc(/C=C/Br)c(=O)[nH]c2=O)CC1O. The Morgan fingerprint density at radius 2 is 2.32 bits per heavy atom. The number of nitrogens with zero attached hydrogens (tertiary/aromatic N) is 1. The smallest absolute Gasteiger partial charge is 0.330 e. The number of aromatic amines is 1. The van der Waals surface area contributed by atoms with Crippen LogP contribution in [0.5, 0.6) is 0 Å². The van der Waals surface area contributed by atoms with Gasteiger partial charge in [-0.25, -0.2) is 4.79 Å². The molecule has 0 saturated carbocycles. The summed E-state index contributed by atoms with van der Waals surface area (Å²) in [6, 6.07) is 0. The zero-order chi connectivity index (χ0) is 18.6. The van der Waals surface area contributed by atoms with Crippen LogP contribution < -0.4 is 11.2 Å². The molecule has 1 fully saturated rings. The molecule has 2 N–H and O–H groups in total. The molecular formula is C15H18Br2N2O6. The van der Waals surface area contributed by atoms with Crippen molar-refractivity contribution in [1.29, 1.82) is 0 Å². The van der Waals surface area contributed by atoms with E-state index in [-0.39, 0.29) is 18.6 Å². The first-order valence-corrected chi connectivity index (χ1v) is 9.47. The fourth-order valence-corrected chi connectivity index (χ4v) is 2.78. The fraction of sp³-hybridized carbons (Fsp3) is 0.533. The average Bonchev–Trinajstić information content (AvgIpc) is 2.95. The molecule has 0 amide bonds. The minimum atomic E-state index is -0.901. The number of nitrogens with one attached hydrogen (secondary N) is 1. The second kappa shape index (κ2) is 8.93. The number of carbonyl (C=O) groups excluding carboxylic acids is 1. The Labute approximate surface area is 160 Å². The first-order chi connectivity index (χ1) is 11.9. The Hall–Kier alpha value is -1.23. The van der Waals surface area contributed by atoms with Crippen molar-refractivity contribution in [3.63, 3.8) is 0 Å². The molecule has 1 aliphatic heterocycles. The Kier molecular flexibility index (Phi) is 7.17. The predicted molar refractivity (Wildman–Crippen MR) is 97.8 cm³/mol. The van der Waals surface area contributed by atoms with Gasteiger partial charge in [0.05, 0.1) is 11.7 Å². The van der Waals surface area contributed by atoms with Gasteiger partial charge in [0.15, 0.2) is 0 Å². The topological polar surface area (TPSA) is 111 Å². The van der Waals surface area contributed by atoms with Crippen LogP contribution in [0.2, 0.25) is 0 Å². The van der Waals surface area contributed by atoms with Crippen molar-refractivity contribution < 1.29 is 19.4 Å². The summed E-state index contributed by atoms with van der Waals surface area (Å²) in [7, 11) is 0. The van der Waals surface area contributed by atoms with Crippen molar-refractivity contribution in [2.24, 2.45) is 0 Å². The van der Waals surface area contributed by atoms with Gasteiger partial charge in [0.25, 0.3) is 5.56 Å². The largest absolute Gasteiger partial charge is 0.462 e. The zero-order valence-electron chi connectivity index (χ0n) is 13.4. The van der Waals surface area contributed by atoms with E-state index in [1.165, 1.54) is 21.8 Å². The highest BCUT2D eigenvalue weighted by molar-refractivity contribution is 9.11. The second-order valence-electron chi connectivity index (χ2n) is 5.48. The fourth-order valence-electron chi connectivity index (χ4n) is 2.36. The van der Waals surface area contributed by atoms with Crippen molar-refractivity contribution in [3.8, 4) is 0 Å². The van der Waals surface area contributed by atoms with Crippen molar-refractivity contribution >= 4 is 43.9 Å². The summed E-state index contributed by atoms with van der Waals surface area (Å²) in [5.41, 5.74) is -0.906. The summed E-state index contributed by atoms with van der Waals surface area (Å²) in [6.07, 6.45) is 1.14. The molecule has 1 aromatic rings. The van der Waals surface area contributed by atoms with Crippen molar-refractivity contribution in [3.05, 3.63) is 37.6 Å². The van der Waals surface area contributed by atoms with Gasteiger partial charge in [-0.15, -0.1) is 0 Å². The van der Waals surface area contributed by atoms with Crippen LogP contribution in [0.3, 0.4) is 0 Å². The number of alkyl halides is 1. The highest BCUT2D eigenvalue weighted by Gasteiger charge is 2.36. The lowest BCUT2D eigenvalue weighted by atomic mass is 10.2. The van der Waals surface area contributed by atoms with Gasteiger partial charge in [-0.05, 0) is 17.5 Å². The van der Waals surface area contributed by atoms with Crippen LogP contribution >= 0.6 is 31.9 Å². The van der Waals surface area contributed by atoms with Gasteiger partial charge in [0.1, 0.15) is 23.8 Å². The molecule has 4 atom stereocenters. The molecule has 138 valence electrons. The van der Waals surface area contributed by atoms with Gasteiger partial charge in [-0.3, -0.25) is 19.1 Å². The molecule has 8 nitrogen and oxygen atoms in total. The lowest BCUT2D eigenvalue weighted by molar-refractivity contribution is -0.149. The van der Waals surface area contributed by atoms with Gasteiger partial charge < -0.3 is 14.6 Å². The molecule has 2 unspecified atom stereocenters. The molecule has 0 radical (unpaired) electrons. The lowest BCUT2D eigenvalue weighted by Crippen LogP contribution is -2.33. The van der Waals surface area contributed by atoms with Crippen LogP contribution in [0.1, 0.15) is 31.6 Å². The molecule has 0 aromatic carbocycles. The molecule has 0 spiro atoms. The normalized spacial score (nSPS) is 24.6. The number of aliphatic hydroxyl groups excluding tert-OH is 1. The number of aromatic nitrogens is 2. The third-order valence-electron chi connectivity index (χ3n) is 3.76. The van der Waals surface area contributed by atoms with E-state index in [9.17, 15) is 19.5 Å². The van der Waals surface area contributed by atoms with E-state index in [2.05, 4.69) is 36.8 Å². The van der Waals surface area contributed by atoms with E-state index < -0.39 is 40.5 Å². The third-order valence-corrected chi connectivity index (χ3v) is 5.04. The van der Waals surface area contributed by atoms with E-state index in [1.54, 1.807) is 0 Å². The van der Waals surface area contributed by atoms with Gasteiger partial charge in [0.2, 0.25) is 0 Å². The minimum absolute atomic E-state index is 0.120. The number of carbonyl (C=O) groups is 1. The number of halogens is 2. The van der Waals surface area contributed by atoms with E-state index in [1.807, 2.05) is 6.92 Å². The molecule has 1 aromatic heterocycles. The van der Waals surface area contributed by atoms with Crippen LogP contribution in [0.25, 0.3) is 6.08 Å². The van der Waals surface area contributed by atoms with Gasteiger partial charge in [-0.2, -0.15) is 0 Å². The molecule has 2 rings (SSSR count). The first kappa shape index (κ1) is 20.1. The highest BCUT2D eigenvalue weighted by atomic mass is 79.9. The maximum Gasteiger partial charge on any atom is 0.330 e. The summed E-state index contributed by atoms with van der Waals surface area (Å²) in [6.45, 7) is 1.71. The summed E-state index contributed by atoms with van der Waals surface area (Å²) in [4.78, 5) is 38.7. The maximum absolute atomic E-state index is 12.0. The monoisotopic (exact) mass is 480 g/mol. The van der Waals surface area contributed by atoms with E-state index >= 15 is 0 Å². The van der Waals surface area contributed by atoms with Crippen LogP contribution in [-0.4, -0.2) is 44.3 Å². The predicted octanol–water partition coefficient (Wildman–Crippen LogP) is 1.27. The van der Waals surface area contributed by atoms with Gasteiger partial charge >= 0.3 is 11.7 Å². The van der Waals surface area contributed by atoms with Crippen molar-refractivity contribution in [2.75, 3.05) is 6.61 Å². The Morgan fingerprint density at radius 3 is 2.96 bits per heavy atom. The number of hydrogen-bond donors (Lipinski definition) is 2. The number of hydrogen-bond acceptors (Lipinski definition) is 6. The molecule has 25 heavy (non-hydrogen) atoms. The Balaban J connectivity index is 2.11. The maximum atomic E-state index is 12.0. The number of ether oxygens (including phenoxy) is 2. The molecule has 0 bridgehead atoms. The second-order valence-corrected chi connectivity index (χ2v) is 7.12. The number of esters is 1. The average molecular weight is 482 g/mol. The molecule has 1 saturated heterocycles. The molecular weight excluding hydrogens is 464 g/mol. The Morgan fingerprint density at radius 1 is 1.60 bits per heavy atom. The molecule has 2 heterocycles. The quantitative estimate of drug-likeness (QED) is 0.467. The van der Waals surface area contributed by atoms with Crippen LogP contribution in [0.15, 0.2) is 20.8 Å². The molecule has 0 aliphatic carbocycles. The van der Waals surface area contributed by atoms with E-state index in [0.717, 1.165) is 0 Å². The lowest BCUT2D eigenvalue weighted by Gasteiger charge is -2.17. The number of rotatable bonds is 6. The first-order valence-electron chi connectivity index (χ1n) is 7.63. The standard InChI is InChI=1S/C15H18Br2N2O6/c1-2-9(17)14(22)24-7-11-10(20)5-12(25-11)19-6-8(3-4-16)13(21)18-15(19)23/h3-4,6,9-12,20H,2,5,7H2,1H3,(H,18,21,23)/b4-3+/t9?,10?,11-,12-/m0/s1. The Bertz CT molecular complexity index is 759. The summed E-state index contributed by atoms with van der Waals surface area (Å²) >= 11 is 6.26. The molecule has 1 aliphatic rings. The highest BCUT2D eigenvalue weighted by Crippen LogP contribution is 2.28. The van der Waals surface area contributed by atoms with Gasteiger partial charge in [-0.1, -0.05) is 38.8 Å². The van der Waals surface area contributed by atoms with E-state index in [4.69, 9.17) is 9.47 Å². The van der Waals surface area contributed by atoms with Gasteiger partial charge in [0, 0.05) is 12.6 Å². The van der Waals surface area contributed by atoms with Crippen molar-refractivity contribution in [1.82, 2.24) is 9.55 Å². The van der Waals surface area contributed by atoms with Crippen molar-refractivity contribution in [2.45, 2.75) is 43.0 Å². The minimum Gasteiger partial charge on any atom is -0.462 e. The number of H-pyrrole nitrogens is 1. The zero-order valence-corrected chi connectivity index (χ0v) is 16.5. The van der Waals surface area contributed by atoms with E-state index in [0.29, 0.717) is 6.42 Å². The van der Waals surface area contributed by atoms with Crippen LogP contribution in [-0.2, 0) is 14.3 Å². The number of aliphatic hydroxyl groups is 1. The third kappa shape index (κ3) is 4.90. The summed E-state index contributed by atoms with van der Waals surface area (Å²) in [5, 5.41) is 10.1. The molecule has 10 heteroatoms. The summed E-state index contributed by atoms with van der Waals surface area (Å²) < 4.78 is 12.0. The van der Waals surface area contributed by atoms with Crippen LogP contribution in [0, 0.1) is 0 Å².